The third-order valence-electron chi connectivity index (χ3n) is 4.67. The lowest BCUT2D eigenvalue weighted by Crippen LogP contribution is -2.37. The van der Waals surface area contributed by atoms with Gasteiger partial charge in [-0.1, -0.05) is 24.3 Å². The highest BCUT2D eigenvalue weighted by atomic mass is 16.6. The van der Waals surface area contributed by atoms with E-state index in [0.717, 1.165) is 22.1 Å². The Balaban J connectivity index is 1.43. The number of urea groups is 1. The Labute approximate surface area is 171 Å². The molecule has 0 bridgehead atoms. The number of benzene rings is 2. The molecule has 1 aliphatic heterocycles. The first kappa shape index (κ1) is 20.9. The molecule has 0 fully saturated rings. The van der Waals surface area contributed by atoms with E-state index in [-0.39, 0.29) is 42.5 Å². The van der Waals surface area contributed by atoms with Gasteiger partial charge < -0.3 is 15.7 Å². The molecule has 0 saturated carbocycles. The lowest BCUT2D eigenvalue weighted by Gasteiger charge is -2.14. The molecule has 0 unspecified atom stereocenters. The van der Waals surface area contributed by atoms with Crippen LogP contribution in [0.5, 0.6) is 0 Å². The van der Waals surface area contributed by atoms with Crippen molar-refractivity contribution in [3.63, 3.8) is 0 Å². The molecule has 1 heterocycles. The average molecular weight is 412 g/mol. The fourth-order valence-corrected chi connectivity index (χ4v) is 3.04. The molecule has 30 heavy (non-hydrogen) atoms. The van der Waals surface area contributed by atoms with Gasteiger partial charge in [0.1, 0.15) is 0 Å². The summed E-state index contributed by atoms with van der Waals surface area (Å²) in [5.74, 6) is -1.07. The molecule has 0 atom stereocenters. The number of imide groups is 1. The molecule has 0 spiro atoms. The second-order valence-electron chi connectivity index (χ2n) is 6.69. The van der Waals surface area contributed by atoms with E-state index in [1.807, 2.05) is 0 Å². The summed E-state index contributed by atoms with van der Waals surface area (Å²) in [5.41, 5.74) is 1.57. The average Bonchev–Trinajstić information content (AvgIpc) is 2.99. The third-order valence-corrected chi connectivity index (χ3v) is 4.67. The van der Waals surface area contributed by atoms with Crippen LogP contribution in [-0.2, 0) is 13.2 Å². The Kier molecular flexibility index (Phi) is 6.38. The predicted molar refractivity (Wildman–Crippen MR) is 106 cm³/mol. The molecule has 3 rings (SSSR count). The van der Waals surface area contributed by atoms with Gasteiger partial charge in [0.15, 0.2) is 0 Å². The van der Waals surface area contributed by atoms with E-state index in [0.29, 0.717) is 13.0 Å². The van der Waals surface area contributed by atoms with Crippen molar-refractivity contribution in [1.29, 1.82) is 0 Å². The van der Waals surface area contributed by atoms with E-state index in [2.05, 4.69) is 10.6 Å². The van der Waals surface area contributed by atoms with Crippen LogP contribution in [0.3, 0.4) is 0 Å². The molecule has 0 aromatic heterocycles. The van der Waals surface area contributed by atoms with Gasteiger partial charge in [0.05, 0.1) is 22.7 Å². The fraction of sp³-hybridized carbons (Fsp3) is 0.250. The molecule has 10 heteroatoms. The van der Waals surface area contributed by atoms with Gasteiger partial charge in [-0.2, -0.15) is 0 Å². The second-order valence-corrected chi connectivity index (χ2v) is 6.69. The maximum atomic E-state index is 12.4. The number of amides is 4. The maximum absolute atomic E-state index is 12.4. The summed E-state index contributed by atoms with van der Waals surface area (Å²) in [6.07, 6.45) is 0.339. The van der Waals surface area contributed by atoms with Gasteiger partial charge >= 0.3 is 6.03 Å². The van der Waals surface area contributed by atoms with Crippen LogP contribution < -0.4 is 10.6 Å². The lowest BCUT2D eigenvalue weighted by atomic mass is 10.1. The van der Waals surface area contributed by atoms with Crippen molar-refractivity contribution in [2.45, 2.75) is 19.6 Å². The van der Waals surface area contributed by atoms with Crippen molar-refractivity contribution in [2.24, 2.45) is 0 Å². The number of rotatable bonds is 8. The van der Waals surface area contributed by atoms with E-state index in [1.54, 1.807) is 24.3 Å². The molecular formula is C20H20N4O6. The molecule has 2 aromatic rings. The van der Waals surface area contributed by atoms with Crippen LogP contribution in [0.1, 0.15) is 38.3 Å². The first-order chi connectivity index (χ1) is 14.4. The number of hydrogen-bond acceptors (Lipinski definition) is 6. The Morgan fingerprint density at radius 2 is 1.67 bits per heavy atom. The quantitative estimate of drug-likeness (QED) is 0.260. The zero-order valence-corrected chi connectivity index (χ0v) is 16.0. The minimum Gasteiger partial charge on any atom is -0.392 e. The fourth-order valence-electron chi connectivity index (χ4n) is 3.04. The number of aliphatic hydroxyl groups excluding tert-OH is 1. The van der Waals surface area contributed by atoms with Gasteiger partial charge in [0.25, 0.3) is 17.5 Å². The zero-order valence-electron chi connectivity index (χ0n) is 16.0. The van der Waals surface area contributed by atoms with Crippen molar-refractivity contribution in [1.82, 2.24) is 15.5 Å². The van der Waals surface area contributed by atoms with Gasteiger partial charge in [-0.15, -0.1) is 0 Å². The third kappa shape index (κ3) is 4.61. The number of carbonyl (C=O) groups excluding carboxylic acids is 3. The van der Waals surface area contributed by atoms with E-state index in [1.165, 1.54) is 12.1 Å². The highest BCUT2D eigenvalue weighted by molar-refractivity contribution is 6.21. The van der Waals surface area contributed by atoms with Crippen LogP contribution in [0.4, 0.5) is 10.5 Å². The molecule has 1 aliphatic rings. The number of carbonyl (C=O) groups is 3. The lowest BCUT2D eigenvalue weighted by molar-refractivity contribution is -0.384. The first-order valence-electron chi connectivity index (χ1n) is 9.25. The summed E-state index contributed by atoms with van der Waals surface area (Å²) < 4.78 is 0. The minimum absolute atomic E-state index is 0.0205. The molecule has 10 nitrogen and oxygen atoms in total. The molecule has 156 valence electrons. The molecule has 4 amide bonds. The summed E-state index contributed by atoms with van der Waals surface area (Å²) in [7, 11) is 0. The largest absolute Gasteiger partial charge is 0.392 e. The van der Waals surface area contributed by atoms with Crippen molar-refractivity contribution in [3.8, 4) is 0 Å². The van der Waals surface area contributed by atoms with Gasteiger partial charge in [-0.05, 0) is 23.6 Å². The van der Waals surface area contributed by atoms with Crippen LogP contribution in [0.25, 0.3) is 0 Å². The predicted octanol–water partition coefficient (Wildman–Crippen LogP) is 1.57. The Morgan fingerprint density at radius 3 is 2.33 bits per heavy atom. The number of non-ortho nitro benzene ring substituents is 1. The molecular weight excluding hydrogens is 392 g/mol. The topological polar surface area (TPSA) is 142 Å². The van der Waals surface area contributed by atoms with Gasteiger partial charge in [0, 0.05) is 31.8 Å². The van der Waals surface area contributed by atoms with E-state index in [4.69, 9.17) is 5.11 Å². The maximum Gasteiger partial charge on any atom is 0.315 e. The van der Waals surface area contributed by atoms with Crippen molar-refractivity contribution in [3.05, 3.63) is 74.8 Å². The number of nitro groups is 1. The second kappa shape index (κ2) is 9.14. The highest BCUT2D eigenvalue weighted by Crippen LogP contribution is 2.26. The Hall–Kier alpha value is -3.79. The molecule has 3 N–H and O–H groups in total. The normalized spacial score (nSPS) is 12.6. The summed E-state index contributed by atoms with van der Waals surface area (Å²) in [5, 5.41) is 25.2. The van der Waals surface area contributed by atoms with Crippen molar-refractivity contribution in [2.75, 3.05) is 13.1 Å². The molecule has 0 saturated heterocycles. The van der Waals surface area contributed by atoms with E-state index < -0.39 is 16.7 Å². The summed E-state index contributed by atoms with van der Waals surface area (Å²) in [6, 6.07) is 10.3. The summed E-state index contributed by atoms with van der Waals surface area (Å²) in [6.45, 7) is 0.596. The van der Waals surface area contributed by atoms with Crippen molar-refractivity contribution >= 4 is 23.5 Å². The zero-order chi connectivity index (χ0) is 21.7. The Morgan fingerprint density at radius 1 is 1.00 bits per heavy atom. The van der Waals surface area contributed by atoms with Gasteiger partial charge in [0.2, 0.25) is 0 Å². The van der Waals surface area contributed by atoms with Crippen LogP contribution in [0, 0.1) is 10.1 Å². The smallest absolute Gasteiger partial charge is 0.315 e. The van der Waals surface area contributed by atoms with Gasteiger partial charge in [-0.3, -0.25) is 24.6 Å². The van der Waals surface area contributed by atoms with E-state index in [9.17, 15) is 24.5 Å². The summed E-state index contributed by atoms with van der Waals surface area (Å²) >= 11 is 0. The SMILES string of the molecule is O=C(NCCCN1C(=O)c2ccc([N+](=O)[O-])cc2C1=O)NCc1ccc(CO)cc1. The number of aliphatic hydroxyl groups is 1. The summed E-state index contributed by atoms with van der Waals surface area (Å²) in [4.78, 5) is 47.9. The van der Waals surface area contributed by atoms with Crippen LogP contribution in [0.2, 0.25) is 0 Å². The van der Waals surface area contributed by atoms with Crippen LogP contribution in [-0.4, -0.2) is 45.9 Å². The van der Waals surface area contributed by atoms with E-state index >= 15 is 0 Å². The Bertz CT molecular complexity index is 989. The number of nitrogens with one attached hydrogen (secondary N) is 2. The minimum atomic E-state index is -0.621. The number of hydrogen-bond donors (Lipinski definition) is 3. The molecule has 0 radical (unpaired) electrons. The van der Waals surface area contributed by atoms with Gasteiger partial charge in [-0.25, -0.2) is 4.79 Å². The number of nitrogens with zero attached hydrogens (tertiary/aromatic N) is 2. The standard InChI is InChI=1S/C20H20N4O6/c25-12-14-4-2-13(3-5-14)11-22-20(28)21-8-1-9-23-18(26)16-7-6-15(24(29)30)10-17(16)19(23)27/h2-7,10,25H,1,8-9,11-12H2,(H2,21,22,28). The monoisotopic (exact) mass is 412 g/mol. The number of nitro benzene ring substituents is 1. The first-order valence-corrected chi connectivity index (χ1v) is 9.25. The number of fused-ring (bicyclic) bond motifs is 1. The molecule has 2 aromatic carbocycles. The van der Waals surface area contributed by atoms with Crippen LogP contribution >= 0.6 is 0 Å². The highest BCUT2D eigenvalue weighted by Gasteiger charge is 2.36. The molecule has 0 aliphatic carbocycles. The van der Waals surface area contributed by atoms with Crippen LogP contribution in [0.15, 0.2) is 42.5 Å². The van der Waals surface area contributed by atoms with Crippen molar-refractivity contribution < 1.29 is 24.4 Å².